The Bertz CT molecular complexity index is 623. The maximum Gasteiger partial charge on any atom is 0.273 e. The van der Waals surface area contributed by atoms with Gasteiger partial charge in [0, 0.05) is 32.9 Å². The molecule has 20 heavy (non-hydrogen) atoms. The first-order valence-electron chi connectivity index (χ1n) is 6.17. The van der Waals surface area contributed by atoms with E-state index in [4.69, 9.17) is 11.6 Å². The van der Waals surface area contributed by atoms with Crippen molar-refractivity contribution < 1.29 is 4.79 Å². The van der Waals surface area contributed by atoms with E-state index >= 15 is 0 Å². The number of aryl methyl sites for hydroxylation is 1. The monoisotopic (exact) mass is 293 g/mol. The summed E-state index contributed by atoms with van der Waals surface area (Å²) in [4.78, 5) is 22.2. The molecule has 0 unspecified atom stereocenters. The standard InChI is InChI=1S/C13H16ClN5O/c1-4-19-7-9(14)5-10(19)13(20)17-11-6-12(18(2)3)16-8-15-11/h5-8H,4H2,1-3H3,(H,15,16,17,20). The number of nitrogens with zero attached hydrogens (tertiary/aromatic N) is 4. The van der Waals surface area contributed by atoms with Crippen molar-refractivity contribution in [1.29, 1.82) is 0 Å². The van der Waals surface area contributed by atoms with Crippen LogP contribution in [0.3, 0.4) is 0 Å². The Labute approximate surface area is 122 Å². The number of nitrogens with one attached hydrogen (secondary N) is 1. The molecule has 6 nitrogen and oxygen atoms in total. The molecule has 0 aliphatic carbocycles. The van der Waals surface area contributed by atoms with Crippen LogP contribution in [-0.2, 0) is 6.54 Å². The Morgan fingerprint density at radius 1 is 1.40 bits per heavy atom. The topological polar surface area (TPSA) is 63.1 Å². The number of halogens is 1. The van der Waals surface area contributed by atoms with Crippen LogP contribution >= 0.6 is 11.6 Å². The predicted molar refractivity (Wildman–Crippen MR) is 79.4 cm³/mol. The Morgan fingerprint density at radius 2 is 2.15 bits per heavy atom. The Hall–Kier alpha value is -2.08. The van der Waals surface area contributed by atoms with Crippen LogP contribution < -0.4 is 10.2 Å². The molecule has 0 bridgehead atoms. The highest BCUT2D eigenvalue weighted by Crippen LogP contribution is 2.16. The molecule has 0 aliphatic heterocycles. The molecule has 2 aromatic rings. The van der Waals surface area contributed by atoms with Gasteiger partial charge in [-0.3, -0.25) is 4.79 Å². The normalized spacial score (nSPS) is 10.4. The van der Waals surface area contributed by atoms with Gasteiger partial charge in [-0.2, -0.15) is 0 Å². The smallest absolute Gasteiger partial charge is 0.273 e. The summed E-state index contributed by atoms with van der Waals surface area (Å²) in [5.74, 6) is 0.926. The summed E-state index contributed by atoms with van der Waals surface area (Å²) in [6.45, 7) is 2.62. The number of rotatable bonds is 4. The van der Waals surface area contributed by atoms with E-state index in [1.54, 1.807) is 22.9 Å². The molecule has 0 saturated heterocycles. The molecule has 0 aliphatic rings. The molecule has 0 saturated carbocycles. The highest BCUT2D eigenvalue weighted by atomic mass is 35.5. The van der Waals surface area contributed by atoms with Crippen molar-refractivity contribution in [2.24, 2.45) is 0 Å². The van der Waals surface area contributed by atoms with Crippen molar-refractivity contribution in [2.45, 2.75) is 13.5 Å². The summed E-state index contributed by atoms with van der Waals surface area (Å²) in [7, 11) is 3.74. The van der Waals surface area contributed by atoms with Gasteiger partial charge >= 0.3 is 0 Å². The van der Waals surface area contributed by atoms with Crippen molar-refractivity contribution in [3.63, 3.8) is 0 Å². The van der Waals surface area contributed by atoms with Crippen molar-refractivity contribution in [2.75, 3.05) is 24.3 Å². The molecule has 7 heteroatoms. The van der Waals surface area contributed by atoms with Crippen molar-refractivity contribution in [1.82, 2.24) is 14.5 Å². The number of hydrogen-bond acceptors (Lipinski definition) is 4. The zero-order valence-electron chi connectivity index (χ0n) is 11.6. The van der Waals surface area contributed by atoms with E-state index in [1.807, 2.05) is 25.9 Å². The third-order valence-corrected chi connectivity index (χ3v) is 3.00. The second kappa shape index (κ2) is 5.92. The number of aromatic nitrogens is 3. The fraction of sp³-hybridized carbons (Fsp3) is 0.308. The van der Waals surface area contributed by atoms with E-state index in [-0.39, 0.29) is 5.91 Å². The lowest BCUT2D eigenvalue weighted by Gasteiger charge is -2.12. The van der Waals surface area contributed by atoms with Gasteiger partial charge in [-0.1, -0.05) is 11.6 Å². The Kier molecular flexibility index (Phi) is 4.24. The number of carbonyl (C=O) groups is 1. The Balaban J connectivity index is 2.21. The molecule has 0 fully saturated rings. The zero-order valence-corrected chi connectivity index (χ0v) is 12.3. The summed E-state index contributed by atoms with van der Waals surface area (Å²) in [6.07, 6.45) is 3.14. The third kappa shape index (κ3) is 3.08. The minimum absolute atomic E-state index is 0.248. The minimum Gasteiger partial charge on any atom is -0.363 e. The summed E-state index contributed by atoms with van der Waals surface area (Å²) in [5.41, 5.74) is 0.502. The van der Waals surface area contributed by atoms with Crippen LogP contribution in [0.5, 0.6) is 0 Å². The number of carbonyl (C=O) groups excluding carboxylic acids is 1. The first kappa shape index (κ1) is 14.3. The van der Waals surface area contributed by atoms with Crippen molar-refractivity contribution >= 4 is 29.1 Å². The van der Waals surface area contributed by atoms with Gasteiger partial charge in [0.2, 0.25) is 0 Å². The molecule has 106 valence electrons. The first-order chi connectivity index (χ1) is 9.51. The van der Waals surface area contributed by atoms with Gasteiger partial charge in [-0.05, 0) is 13.0 Å². The van der Waals surface area contributed by atoms with Crippen molar-refractivity contribution in [3.8, 4) is 0 Å². The molecule has 2 rings (SSSR count). The molecule has 2 aromatic heterocycles. The van der Waals surface area contributed by atoms with E-state index in [9.17, 15) is 4.79 Å². The van der Waals surface area contributed by atoms with Crippen molar-refractivity contribution in [3.05, 3.63) is 35.4 Å². The van der Waals surface area contributed by atoms with E-state index in [0.29, 0.717) is 23.1 Å². The number of amides is 1. The summed E-state index contributed by atoms with van der Waals surface area (Å²) in [5, 5.41) is 3.28. The fourth-order valence-corrected chi connectivity index (χ4v) is 1.99. The molecule has 1 amide bonds. The van der Waals surface area contributed by atoms with Gasteiger partial charge in [0.25, 0.3) is 5.91 Å². The summed E-state index contributed by atoms with van der Waals surface area (Å²) in [6, 6.07) is 3.34. The van der Waals surface area contributed by atoms with Gasteiger partial charge in [0.05, 0.1) is 5.02 Å². The summed E-state index contributed by atoms with van der Waals surface area (Å²) < 4.78 is 1.78. The lowest BCUT2D eigenvalue weighted by molar-refractivity contribution is 0.101. The van der Waals surface area contributed by atoms with Crippen LogP contribution in [0.4, 0.5) is 11.6 Å². The second-order valence-electron chi connectivity index (χ2n) is 4.44. The molecular formula is C13H16ClN5O. The van der Waals surface area contributed by atoms with E-state index < -0.39 is 0 Å². The summed E-state index contributed by atoms with van der Waals surface area (Å²) >= 11 is 5.93. The van der Waals surface area contributed by atoms with E-state index in [1.165, 1.54) is 6.33 Å². The lowest BCUT2D eigenvalue weighted by atomic mass is 10.4. The van der Waals surface area contributed by atoms with Gasteiger partial charge < -0.3 is 14.8 Å². The van der Waals surface area contributed by atoms with E-state index in [0.717, 1.165) is 5.82 Å². The molecule has 0 aromatic carbocycles. The molecule has 2 heterocycles. The largest absolute Gasteiger partial charge is 0.363 e. The quantitative estimate of drug-likeness (QED) is 0.939. The molecule has 0 spiro atoms. The number of hydrogen-bond donors (Lipinski definition) is 1. The molecule has 0 atom stereocenters. The predicted octanol–water partition coefficient (Wildman–Crippen LogP) is 2.27. The maximum atomic E-state index is 12.2. The molecule has 1 N–H and O–H groups in total. The van der Waals surface area contributed by atoms with Crippen LogP contribution in [0.15, 0.2) is 24.7 Å². The number of anilines is 2. The SMILES string of the molecule is CCn1cc(Cl)cc1C(=O)Nc1cc(N(C)C)ncn1. The average Bonchev–Trinajstić information content (AvgIpc) is 2.80. The van der Waals surface area contributed by atoms with Crippen LogP contribution in [-0.4, -0.2) is 34.5 Å². The van der Waals surface area contributed by atoms with Crippen LogP contribution in [0.1, 0.15) is 17.4 Å². The molecular weight excluding hydrogens is 278 g/mol. The van der Waals surface area contributed by atoms with Crippen LogP contribution in [0.2, 0.25) is 5.02 Å². The highest BCUT2D eigenvalue weighted by Gasteiger charge is 2.13. The lowest BCUT2D eigenvalue weighted by Crippen LogP contribution is -2.18. The van der Waals surface area contributed by atoms with Gasteiger partial charge in [0.1, 0.15) is 23.7 Å². The van der Waals surface area contributed by atoms with Crippen LogP contribution in [0, 0.1) is 0 Å². The maximum absolute atomic E-state index is 12.2. The average molecular weight is 294 g/mol. The first-order valence-corrected chi connectivity index (χ1v) is 6.55. The third-order valence-electron chi connectivity index (χ3n) is 2.79. The fourth-order valence-electron chi connectivity index (χ4n) is 1.77. The van der Waals surface area contributed by atoms with Gasteiger partial charge in [-0.15, -0.1) is 0 Å². The second-order valence-corrected chi connectivity index (χ2v) is 4.88. The minimum atomic E-state index is -0.248. The van der Waals surface area contributed by atoms with Gasteiger partial charge in [-0.25, -0.2) is 9.97 Å². The van der Waals surface area contributed by atoms with Gasteiger partial charge in [0.15, 0.2) is 0 Å². The van der Waals surface area contributed by atoms with E-state index in [2.05, 4.69) is 15.3 Å². The highest BCUT2D eigenvalue weighted by molar-refractivity contribution is 6.31. The molecule has 0 radical (unpaired) electrons. The Morgan fingerprint density at radius 3 is 2.80 bits per heavy atom. The zero-order chi connectivity index (χ0) is 14.7. The van der Waals surface area contributed by atoms with Crippen LogP contribution in [0.25, 0.3) is 0 Å².